The van der Waals surface area contributed by atoms with E-state index in [1.807, 2.05) is 31.2 Å². The smallest absolute Gasteiger partial charge is 0.475 e. The Balaban J connectivity index is 0.000000423. The molecule has 2 aromatic heterocycles. The van der Waals surface area contributed by atoms with Crippen LogP contribution in [0.15, 0.2) is 30.5 Å². The van der Waals surface area contributed by atoms with Crippen LogP contribution < -0.4 is 5.32 Å². The number of hydrogen-bond acceptors (Lipinski definition) is 7. The third kappa shape index (κ3) is 8.10. The van der Waals surface area contributed by atoms with E-state index in [-0.39, 0.29) is 0 Å². The Kier molecular flexibility index (Phi) is 8.69. The molecular weight excluding hydrogens is 415 g/mol. The predicted octanol–water partition coefficient (Wildman–Crippen LogP) is 3.00. The minimum atomic E-state index is -5.08. The van der Waals surface area contributed by atoms with Crippen molar-refractivity contribution in [2.75, 3.05) is 31.6 Å². The van der Waals surface area contributed by atoms with Crippen LogP contribution in [0.5, 0.6) is 0 Å². The van der Waals surface area contributed by atoms with Gasteiger partial charge in [0.05, 0.1) is 24.1 Å². The van der Waals surface area contributed by atoms with Crippen LogP contribution in [0.3, 0.4) is 0 Å². The molecule has 0 aliphatic carbocycles. The average molecular weight is 441 g/mol. The van der Waals surface area contributed by atoms with Gasteiger partial charge in [0.15, 0.2) is 0 Å². The number of aryl methyl sites for hydroxylation is 1. The Bertz CT molecular complexity index is 852. The van der Waals surface area contributed by atoms with E-state index in [0.29, 0.717) is 12.1 Å². The molecule has 0 amide bonds. The number of halogens is 3. The van der Waals surface area contributed by atoms with E-state index in [0.717, 1.165) is 49.3 Å². The summed E-state index contributed by atoms with van der Waals surface area (Å²) in [5.74, 6) is -1.17. The highest BCUT2D eigenvalue weighted by Gasteiger charge is 2.38. The third-order valence-electron chi connectivity index (χ3n) is 4.45. The molecule has 3 rings (SSSR count). The molecule has 0 radical (unpaired) electrons. The molecule has 8 nitrogen and oxygen atoms in total. The molecule has 1 fully saturated rings. The number of carboxylic acid groups (broad SMARTS) is 1. The summed E-state index contributed by atoms with van der Waals surface area (Å²) >= 11 is 0. The van der Waals surface area contributed by atoms with E-state index in [1.54, 1.807) is 6.20 Å². The van der Waals surface area contributed by atoms with Crippen molar-refractivity contribution in [2.24, 2.45) is 0 Å². The number of rotatable bonds is 5. The third-order valence-corrected chi connectivity index (χ3v) is 4.45. The summed E-state index contributed by atoms with van der Waals surface area (Å²) in [4.78, 5) is 24.7. The van der Waals surface area contributed by atoms with Crippen LogP contribution in [0.2, 0.25) is 0 Å². The van der Waals surface area contributed by atoms with Crippen LogP contribution in [0.4, 0.5) is 19.0 Å². The van der Waals surface area contributed by atoms with E-state index in [1.165, 1.54) is 0 Å². The normalized spacial score (nSPS) is 19.3. The monoisotopic (exact) mass is 441 g/mol. The van der Waals surface area contributed by atoms with Crippen molar-refractivity contribution in [2.45, 2.75) is 39.1 Å². The van der Waals surface area contributed by atoms with Gasteiger partial charge in [-0.1, -0.05) is 6.07 Å². The van der Waals surface area contributed by atoms with Crippen molar-refractivity contribution in [3.63, 3.8) is 0 Å². The summed E-state index contributed by atoms with van der Waals surface area (Å²) in [5, 5.41) is 10.5. The maximum atomic E-state index is 10.6. The number of alkyl halides is 3. The molecule has 170 valence electrons. The van der Waals surface area contributed by atoms with Gasteiger partial charge >= 0.3 is 12.1 Å². The number of carboxylic acids is 1. The Labute approximate surface area is 178 Å². The number of nitrogens with one attached hydrogen (secondary N) is 1. The minimum Gasteiger partial charge on any atom is -0.475 e. The van der Waals surface area contributed by atoms with Gasteiger partial charge in [-0.15, -0.1) is 0 Å². The number of hydrogen-bond donors (Lipinski definition) is 2. The average Bonchev–Trinajstić information content (AvgIpc) is 2.70. The molecule has 1 saturated heterocycles. The van der Waals surface area contributed by atoms with Crippen molar-refractivity contribution >= 4 is 11.8 Å². The second-order valence-electron chi connectivity index (χ2n) is 7.12. The van der Waals surface area contributed by atoms with Gasteiger partial charge in [0.2, 0.25) is 0 Å². The molecule has 2 unspecified atom stereocenters. The van der Waals surface area contributed by atoms with Crippen LogP contribution in [0.1, 0.15) is 19.7 Å². The van der Waals surface area contributed by atoms with Crippen LogP contribution >= 0.6 is 0 Å². The Morgan fingerprint density at radius 3 is 2.61 bits per heavy atom. The molecule has 11 heteroatoms. The predicted molar refractivity (Wildman–Crippen MR) is 109 cm³/mol. The maximum absolute atomic E-state index is 10.6. The topological polar surface area (TPSA) is 100 Å². The molecule has 2 N–H and O–H groups in total. The molecular formula is C20H26F3N5O3. The van der Waals surface area contributed by atoms with Gasteiger partial charge in [0.25, 0.3) is 0 Å². The Morgan fingerprint density at radius 1 is 1.29 bits per heavy atom. The zero-order chi connectivity index (χ0) is 23.0. The number of aliphatic carboxylic acids is 1. The number of anilines is 1. The second kappa shape index (κ2) is 11.0. The highest BCUT2D eigenvalue weighted by atomic mass is 19.4. The highest BCUT2D eigenvalue weighted by Crippen LogP contribution is 2.17. The quantitative estimate of drug-likeness (QED) is 0.731. The van der Waals surface area contributed by atoms with E-state index < -0.39 is 12.1 Å². The lowest BCUT2D eigenvalue weighted by molar-refractivity contribution is -0.192. The Morgan fingerprint density at radius 2 is 2.00 bits per heavy atom. The van der Waals surface area contributed by atoms with E-state index in [2.05, 4.69) is 39.0 Å². The highest BCUT2D eigenvalue weighted by molar-refractivity contribution is 5.73. The fourth-order valence-corrected chi connectivity index (χ4v) is 2.91. The summed E-state index contributed by atoms with van der Waals surface area (Å²) in [6, 6.07) is 8.25. The zero-order valence-corrected chi connectivity index (χ0v) is 17.6. The first-order valence-electron chi connectivity index (χ1n) is 9.73. The van der Waals surface area contributed by atoms with Gasteiger partial charge in [-0.25, -0.2) is 14.8 Å². The summed E-state index contributed by atoms with van der Waals surface area (Å²) in [7, 11) is 0. The number of nitrogens with zero attached hydrogens (tertiary/aromatic N) is 4. The number of pyridine rings is 1. The second-order valence-corrected chi connectivity index (χ2v) is 7.12. The Hall–Kier alpha value is -2.79. The standard InChI is InChI=1S/C18H25N5O.C2HF3O2/c1-13-12-24-14(2)11-23(13)9-8-20-18-10-17(21-15(3)22-18)16-6-4-5-7-19-16;3-2(4,5)1(6)7/h4-7,10,13-14H,8-9,11-12H2,1-3H3,(H,20,21,22);(H,6,7). The molecule has 0 spiro atoms. The number of ether oxygens (including phenoxy) is 1. The lowest BCUT2D eigenvalue weighted by Crippen LogP contribution is -2.48. The van der Waals surface area contributed by atoms with Crippen molar-refractivity contribution in [3.05, 3.63) is 36.3 Å². The summed E-state index contributed by atoms with van der Waals surface area (Å²) in [6.07, 6.45) is -3.00. The molecule has 31 heavy (non-hydrogen) atoms. The fourth-order valence-electron chi connectivity index (χ4n) is 2.91. The van der Waals surface area contributed by atoms with E-state index in [9.17, 15) is 13.2 Å². The molecule has 2 atom stereocenters. The molecule has 1 aliphatic rings. The molecule has 2 aromatic rings. The van der Waals surface area contributed by atoms with Gasteiger partial charge in [-0.2, -0.15) is 13.2 Å². The van der Waals surface area contributed by atoms with Crippen molar-refractivity contribution in [3.8, 4) is 11.4 Å². The van der Waals surface area contributed by atoms with Gasteiger partial charge in [0.1, 0.15) is 11.6 Å². The minimum absolute atomic E-state index is 0.304. The van der Waals surface area contributed by atoms with Crippen molar-refractivity contribution in [1.29, 1.82) is 0 Å². The van der Waals surface area contributed by atoms with E-state index >= 15 is 0 Å². The molecule has 3 heterocycles. The SMILES string of the molecule is Cc1nc(NCCN2CC(C)OCC2C)cc(-c2ccccn2)n1.O=C(O)C(F)(F)F. The lowest BCUT2D eigenvalue weighted by atomic mass is 10.2. The lowest BCUT2D eigenvalue weighted by Gasteiger charge is -2.36. The number of morpholine rings is 1. The van der Waals surface area contributed by atoms with Crippen molar-refractivity contribution < 1.29 is 27.8 Å². The van der Waals surface area contributed by atoms with Gasteiger partial charge in [-0.05, 0) is 32.9 Å². The molecule has 1 aliphatic heterocycles. The van der Waals surface area contributed by atoms with E-state index in [4.69, 9.17) is 14.6 Å². The maximum Gasteiger partial charge on any atom is 0.490 e. The molecule has 0 aromatic carbocycles. The number of aromatic nitrogens is 3. The van der Waals surface area contributed by atoms with Crippen LogP contribution in [-0.2, 0) is 9.53 Å². The summed E-state index contributed by atoms with van der Waals surface area (Å²) in [6.45, 7) is 9.83. The van der Waals surface area contributed by atoms with Crippen LogP contribution in [-0.4, -0.2) is 75.5 Å². The van der Waals surface area contributed by atoms with Gasteiger partial charge in [-0.3, -0.25) is 9.88 Å². The zero-order valence-electron chi connectivity index (χ0n) is 17.6. The molecule has 0 saturated carbocycles. The number of carbonyl (C=O) groups is 1. The van der Waals surface area contributed by atoms with Gasteiger partial charge in [0, 0.05) is 37.9 Å². The first-order chi connectivity index (χ1) is 14.6. The van der Waals surface area contributed by atoms with Crippen molar-refractivity contribution in [1.82, 2.24) is 19.9 Å². The summed E-state index contributed by atoms with van der Waals surface area (Å²) < 4.78 is 37.4. The first kappa shape index (κ1) is 24.5. The van der Waals surface area contributed by atoms with Gasteiger partial charge < -0.3 is 15.2 Å². The first-order valence-corrected chi connectivity index (χ1v) is 9.73. The largest absolute Gasteiger partial charge is 0.490 e. The fraction of sp³-hybridized carbons (Fsp3) is 0.500. The molecule has 0 bridgehead atoms. The van der Waals surface area contributed by atoms with Crippen LogP contribution in [0.25, 0.3) is 11.4 Å². The van der Waals surface area contributed by atoms with Crippen LogP contribution in [0, 0.1) is 6.92 Å². The summed E-state index contributed by atoms with van der Waals surface area (Å²) in [5.41, 5.74) is 1.71.